The van der Waals surface area contributed by atoms with Crippen LogP contribution in [0.15, 0.2) is 36.4 Å². The Bertz CT molecular complexity index is 605. The van der Waals surface area contributed by atoms with Crippen LogP contribution in [0, 0.1) is 6.92 Å². The number of rotatable bonds is 4. The van der Waals surface area contributed by atoms with Gasteiger partial charge in [0.2, 0.25) is 0 Å². The maximum Gasteiger partial charge on any atom is 0.100 e. The highest BCUT2D eigenvalue weighted by atomic mass is 16.6. The van der Waals surface area contributed by atoms with Crippen LogP contribution in [0.2, 0.25) is 0 Å². The molecule has 1 saturated heterocycles. The van der Waals surface area contributed by atoms with Crippen molar-refractivity contribution >= 4 is 10.8 Å². The number of hydrogen-bond acceptors (Lipinski definition) is 3. The summed E-state index contributed by atoms with van der Waals surface area (Å²) in [6.45, 7) is 7.23. The van der Waals surface area contributed by atoms with Crippen molar-refractivity contribution in [3.63, 3.8) is 0 Å². The van der Waals surface area contributed by atoms with Gasteiger partial charge in [0.25, 0.3) is 0 Å². The number of fused-ring (bicyclic) bond motifs is 1. The third kappa shape index (κ3) is 2.95. The van der Waals surface area contributed by atoms with E-state index in [4.69, 9.17) is 9.47 Å². The van der Waals surface area contributed by atoms with E-state index in [9.17, 15) is 0 Å². The highest BCUT2D eigenvalue weighted by molar-refractivity contribution is 5.89. The molecule has 3 nitrogen and oxygen atoms in total. The molecule has 21 heavy (non-hydrogen) atoms. The van der Waals surface area contributed by atoms with E-state index in [1.807, 2.05) is 0 Å². The summed E-state index contributed by atoms with van der Waals surface area (Å²) in [6.07, 6.45) is 0.0739. The van der Waals surface area contributed by atoms with Crippen LogP contribution in [0.1, 0.15) is 24.1 Å². The predicted molar refractivity (Wildman–Crippen MR) is 85.7 cm³/mol. The van der Waals surface area contributed by atoms with Crippen LogP contribution in [0.3, 0.4) is 0 Å². The average Bonchev–Trinajstić information content (AvgIpc) is 2.55. The Hall–Kier alpha value is -1.42. The van der Waals surface area contributed by atoms with Crippen LogP contribution in [0.5, 0.6) is 0 Å². The molecule has 0 radical (unpaired) electrons. The van der Waals surface area contributed by atoms with Crippen LogP contribution >= 0.6 is 0 Å². The number of benzene rings is 2. The summed E-state index contributed by atoms with van der Waals surface area (Å²) in [4.78, 5) is 0. The second-order valence-corrected chi connectivity index (χ2v) is 5.54. The highest BCUT2D eigenvalue weighted by Crippen LogP contribution is 2.30. The first-order valence-electron chi connectivity index (χ1n) is 7.72. The van der Waals surface area contributed by atoms with Gasteiger partial charge >= 0.3 is 0 Å². The average molecular weight is 285 g/mol. The zero-order valence-electron chi connectivity index (χ0n) is 12.8. The first-order valence-corrected chi connectivity index (χ1v) is 7.72. The van der Waals surface area contributed by atoms with Crippen molar-refractivity contribution < 1.29 is 9.47 Å². The summed E-state index contributed by atoms with van der Waals surface area (Å²) in [7, 11) is 0. The molecular weight excluding hydrogens is 262 g/mol. The summed E-state index contributed by atoms with van der Waals surface area (Å²) >= 11 is 0. The molecule has 3 rings (SSSR count). The fourth-order valence-corrected chi connectivity index (χ4v) is 3.10. The molecule has 3 heteroatoms. The summed E-state index contributed by atoms with van der Waals surface area (Å²) in [5, 5.41) is 6.19. The lowest BCUT2D eigenvalue weighted by molar-refractivity contribution is -0.102. The molecule has 0 aliphatic carbocycles. The number of ether oxygens (including phenoxy) is 2. The second kappa shape index (κ2) is 6.56. The van der Waals surface area contributed by atoms with Gasteiger partial charge in [-0.1, -0.05) is 43.3 Å². The monoisotopic (exact) mass is 285 g/mol. The topological polar surface area (TPSA) is 30.5 Å². The molecule has 1 N–H and O–H groups in total. The van der Waals surface area contributed by atoms with Gasteiger partial charge in [0, 0.05) is 0 Å². The van der Waals surface area contributed by atoms with Gasteiger partial charge in [-0.05, 0) is 35.4 Å². The Morgan fingerprint density at radius 2 is 1.95 bits per heavy atom. The lowest BCUT2D eigenvalue weighted by Crippen LogP contribution is -2.40. The molecule has 112 valence electrons. The maximum absolute atomic E-state index is 5.94. The highest BCUT2D eigenvalue weighted by Gasteiger charge is 2.27. The Balaban J connectivity index is 2.04. The maximum atomic E-state index is 5.94. The predicted octanol–water partition coefficient (Wildman–Crippen LogP) is 3.21. The number of aryl methyl sites for hydroxylation is 1. The van der Waals surface area contributed by atoms with E-state index in [0.29, 0.717) is 19.8 Å². The molecule has 0 spiro atoms. The van der Waals surface area contributed by atoms with Crippen molar-refractivity contribution in [2.75, 3.05) is 26.4 Å². The molecule has 2 aromatic rings. The van der Waals surface area contributed by atoms with Gasteiger partial charge in [-0.3, -0.25) is 0 Å². The molecule has 0 saturated carbocycles. The normalized spacial score (nSPS) is 20.6. The minimum absolute atomic E-state index is 0.0739. The zero-order valence-corrected chi connectivity index (χ0v) is 12.8. The molecule has 1 fully saturated rings. The van der Waals surface area contributed by atoms with Crippen molar-refractivity contribution in [3.8, 4) is 0 Å². The van der Waals surface area contributed by atoms with Gasteiger partial charge in [-0.25, -0.2) is 0 Å². The Kier molecular flexibility index (Phi) is 4.54. The van der Waals surface area contributed by atoms with Crippen LogP contribution in [-0.2, 0) is 9.47 Å². The van der Waals surface area contributed by atoms with Crippen LogP contribution in [0.25, 0.3) is 10.8 Å². The smallest absolute Gasteiger partial charge is 0.100 e. The molecule has 0 aromatic heterocycles. The molecule has 1 heterocycles. The molecule has 0 amide bonds. The minimum Gasteiger partial charge on any atom is -0.376 e. The summed E-state index contributed by atoms with van der Waals surface area (Å²) in [6, 6.07) is 13.2. The first-order chi connectivity index (χ1) is 10.3. The van der Waals surface area contributed by atoms with Gasteiger partial charge in [-0.2, -0.15) is 0 Å². The summed E-state index contributed by atoms with van der Waals surface area (Å²) in [5.74, 6) is 0. The Morgan fingerprint density at radius 1 is 1.14 bits per heavy atom. The number of hydrogen-bond donors (Lipinski definition) is 1. The van der Waals surface area contributed by atoms with Gasteiger partial charge < -0.3 is 14.8 Å². The summed E-state index contributed by atoms with van der Waals surface area (Å²) in [5.41, 5.74) is 2.61. The molecule has 2 unspecified atom stereocenters. The Labute approximate surface area is 126 Å². The molecule has 1 aliphatic heterocycles. The first kappa shape index (κ1) is 14.5. The van der Waals surface area contributed by atoms with Crippen molar-refractivity contribution in [1.82, 2.24) is 5.32 Å². The fourth-order valence-electron chi connectivity index (χ4n) is 3.10. The van der Waals surface area contributed by atoms with Crippen LogP contribution in [0.4, 0.5) is 0 Å². The quantitative estimate of drug-likeness (QED) is 0.935. The second-order valence-electron chi connectivity index (χ2n) is 5.54. The summed E-state index contributed by atoms with van der Waals surface area (Å²) < 4.78 is 11.5. The van der Waals surface area contributed by atoms with Crippen LogP contribution in [-0.4, -0.2) is 32.5 Å². The van der Waals surface area contributed by atoms with Crippen molar-refractivity contribution in [2.24, 2.45) is 0 Å². The number of likely N-dealkylation sites (N-methyl/N-ethyl adjacent to an activating group) is 1. The third-order valence-corrected chi connectivity index (χ3v) is 4.15. The van der Waals surface area contributed by atoms with E-state index < -0.39 is 0 Å². The van der Waals surface area contributed by atoms with E-state index in [1.165, 1.54) is 21.9 Å². The van der Waals surface area contributed by atoms with Crippen LogP contribution < -0.4 is 5.32 Å². The van der Waals surface area contributed by atoms with Crippen molar-refractivity contribution in [3.05, 3.63) is 47.5 Å². The van der Waals surface area contributed by atoms with Crippen molar-refractivity contribution in [2.45, 2.75) is 26.0 Å². The van der Waals surface area contributed by atoms with E-state index >= 15 is 0 Å². The van der Waals surface area contributed by atoms with Gasteiger partial charge in [0.05, 0.1) is 25.9 Å². The lowest BCUT2D eigenvalue weighted by atomic mass is 9.93. The molecular formula is C18H23NO2. The molecule has 2 aromatic carbocycles. The van der Waals surface area contributed by atoms with Gasteiger partial charge in [-0.15, -0.1) is 0 Å². The van der Waals surface area contributed by atoms with Crippen molar-refractivity contribution in [1.29, 1.82) is 0 Å². The standard InChI is InChI=1S/C18H23NO2/c1-3-19-18(17-12-20-10-11-21-17)16-9-8-13(2)14-6-4-5-7-15(14)16/h4-9,17-19H,3,10-12H2,1-2H3. The molecule has 2 atom stereocenters. The number of nitrogens with one attached hydrogen (secondary N) is 1. The Morgan fingerprint density at radius 3 is 2.67 bits per heavy atom. The SMILES string of the molecule is CCNC(c1ccc(C)c2ccccc12)C1COCCO1. The van der Waals surface area contributed by atoms with E-state index in [-0.39, 0.29) is 12.1 Å². The largest absolute Gasteiger partial charge is 0.376 e. The third-order valence-electron chi connectivity index (χ3n) is 4.15. The van der Waals surface area contributed by atoms with E-state index in [2.05, 4.69) is 55.6 Å². The molecule has 0 bridgehead atoms. The molecule has 1 aliphatic rings. The lowest BCUT2D eigenvalue weighted by Gasteiger charge is -2.32. The fraction of sp³-hybridized carbons (Fsp3) is 0.444. The van der Waals surface area contributed by atoms with E-state index in [1.54, 1.807) is 0 Å². The van der Waals surface area contributed by atoms with Gasteiger partial charge in [0.15, 0.2) is 0 Å². The van der Waals surface area contributed by atoms with Gasteiger partial charge in [0.1, 0.15) is 6.10 Å². The minimum atomic E-state index is 0.0739. The zero-order chi connectivity index (χ0) is 14.7. The van der Waals surface area contributed by atoms with E-state index in [0.717, 1.165) is 6.54 Å².